The maximum atomic E-state index is 13.3. The van der Waals surface area contributed by atoms with Crippen LogP contribution in [-0.4, -0.2) is 61.8 Å². The average molecular weight is 440 g/mol. The third kappa shape index (κ3) is 4.64. The van der Waals surface area contributed by atoms with Crippen molar-refractivity contribution >= 4 is 17.5 Å². The first-order valence-corrected chi connectivity index (χ1v) is 11.1. The Morgan fingerprint density at radius 3 is 2.38 bits per heavy atom. The summed E-state index contributed by atoms with van der Waals surface area (Å²) in [4.78, 5) is 42.2. The predicted octanol–water partition coefficient (Wildman–Crippen LogP) is 1.39. The monoisotopic (exact) mass is 439 g/mol. The standard InChI is InChI=1S/C25H27FN2O4/c1-17-3-5-18(6-4-17)22-21(23(29)19-7-9-20(26)10-8-19)24(30)25(31)28(22)12-2-11-27-13-15-32-16-14-27/h3-10,21-22H,2,11-16H2,1H3/p+1. The van der Waals surface area contributed by atoms with E-state index in [0.717, 1.165) is 50.4 Å². The van der Waals surface area contributed by atoms with Gasteiger partial charge in [0.15, 0.2) is 5.78 Å². The Hall–Kier alpha value is -2.90. The summed E-state index contributed by atoms with van der Waals surface area (Å²) >= 11 is 0. The fourth-order valence-corrected chi connectivity index (χ4v) is 4.57. The van der Waals surface area contributed by atoms with E-state index in [0.29, 0.717) is 6.54 Å². The maximum Gasteiger partial charge on any atom is 0.291 e. The lowest BCUT2D eigenvalue weighted by molar-refractivity contribution is -0.908. The number of quaternary nitrogens is 1. The minimum absolute atomic E-state index is 0.231. The number of hydrogen-bond donors (Lipinski definition) is 1. The molecule has 2 saturated heterocycles. The summed E-state index contributed by atoms with van der Waals surface area (Å²) < 4.78 is 18.7. The minimum atomic E-state index is -1.13. The Balaban J connectivity index is 1.60. The summed E-state index contributed by atoms with van der Waals surface area (Å²) in [5, 5.41) is 0. The van der Waals surface area contributed by atoms with Crippen LogP contribution in [0.5, 0.6) is 0 Å². The summed E-state index contributed by atoms with van der Waals surface area (Å²) in [5.41, 5.74) is 2.04. The van der Waals surface area contributed by atoms with Crippen molar-refractivity contribution in [1.82, 2.24) is 4.90 Å². The molecule has 1 amide bonds. The quantitative estimate of drug-likeness (QED) is 0.402. The van der Waals surface area contributed by atoms with Crippen LogP contribution in [-0.2, 0) is 14.3 Å². The van der Waals surface area contributed by atoms with Gasteiger partial charge in [-0.15, -0.1) is 0 Å². The molecule has 2 fully saturated rings. The number of benzene rings is 2. The van der Waals surface area contributed by atoms with Crippen molar-refractivity contribution in [2.45, 2.75) is 19.4 Å². The van der Waals surface area contributed by atoms with E-state index in [-0.39, 0.29) is 5.56 Å². The molecule has 168 valence electrons. The number of likely N-dealkylation sites (tertiary alicyclic amines) is 1. The zero-order chi connectivity index (χ0) is 22.7. The molecule has 2 atom stereocenters. The molecule has 0 spiro atoms. The maximum absolute atomic E-state index is 13.3. The number of carbonyl (C=O) groups is 3. The molecule has 4 rings (SSSR count). The van der Waals surface area contributed by atoms with E-state index in [4.69, 9.17) is 4.74 Å². The molecular weight excluding hydrogens is 411 g/mol. The second-order valence-corrected chi connectivity index (χ2v) is 8.53. The number of nitrogens with zero attached hydrogens (tertiary/aromatic N) is 1. The summed E-state index contributed by atoms with van der Waals surface area (Å²) in [6, 6.07) is 12.0. The fraction of sp³-hybridized carbons (Fsp3) is 0.400. The van der Waals surface area contributed by atoms with Crippen LogP contribution in [0.4, 0.5) is 4.39 Å². The number of carbonyl (C=O) groups excluding carboxylic acids is 3. The van der Waals surface area contributed by atoms with E-state index in [1.807, 2.05) is 31.2 Å². The van der Waals surface area contributed by atoms with E-state index in [1.165, 1.54) is 29.2 Å². The van der Waals surface area contributed by atoms with Gasteiger partial charge in [-0.25, -0.2) is 4.39 Å². The minimum Gasteiger partial charge on any atom is -0.370 e. The molecule has 0 aromatic heterocycles. The van der Waals surface area contributed by atoms with Gasteiger partial charge >= 0.3 is 0 Å². The van der Waals surface area contributed by atoms with Crippen LogP contribution < -0.4 is 4.90 Å². The molecule has 2 aliphatic heterocycles. The number of nitrogens with one attached hydrogen (secondary N) is 1. The first-order chi connectivity index (χ1) is 15.5. The highest BCUT2D eigenvalue weighted by Gasteiger charge is 2.51. The molecule has 2 unspecified atom stereocenters. The van der Waals surface area contributed by atoms with Crippen LogP contribution >= 0.6 is 0 Å². The summed E-state index contributed by atoms with van der Waals surface area (Å²) in [5.74, 6) is -3.35. The van der Waals surface area contributed by atoms with Gasteiger partial charge in [0.2, 0.25) is 5.78 Å². The van der Waals surface area contributed by atoms with Gasteiger partial charge in [0.05, 0.1) is 25.8 Å². The average Bonchev–Trinajstić information content (AvgIpc) is 3.05. The number of hydrogen-bond acceptors (Lipinski definition) is 4. The smallest absolute Gasteiger partial charge is 0.291 e. The normalized spacial score (nSPS) is 21.9. The van der Waals surface area contributed by atoms with E-state index in [2.05, 4.69) is 0 Å². The molecule has 2 aromatic rings. The lowest BCUT2D eigenvalue weighted by atomic mass is 9.86. The van der Waals surface area contributed by atoms with E-state index in [1.54, 1.807) is 4.90 Å². The van der Waals surface area contributed by atoms with Crippen molar-refractivity contribution in [3.05, 3.63) is 71.0 Å². The molecule has 2 aliphatic rings. The van der Waals surface area contributed by atoms with Crippen LogP contribution in [0.2, 0.25) is 0 Å². The second kappa shape index (κ2) is 9.71. The van der Waals surface area contributed by atoms with Gasteiger partial charge in [-0.3, -0.25) is 14.4 Å². The van der Waals surface area contributed by atoms with Crippen molar-refractivity contribution in [2.75, 3.05) is 39.4 Å². The van der Waals surface area contributed by atoms with E-state index in [9.17, 15) is 18.8 Å². The molecule has 0 radical (unpaired) electrons. The molecule has 2 aromatic carbocycles. The second-order valence-electron chi connectivity index (χ2n) is 8.53. The van der Waals surface area contributed by atoms with E-state index >= 15 is 0 Å². The van der Waals surface area contributed by atoms with Crippen molar-refractivity contribution in [3.63, 3.8) is 0 Å². The molecule has 0 bridgehead atoms. The van der Waals surface area contributed by atoms with Crippen LogP contribution in [0.25, 0.3) is 0 Å². The lowest BCUT2D eigenvalue weighted by Crippen LogP contribution is -3.14. The highest BCUT2D eigenvalue weighted by Crippen LogP contribution is 2.38. The summed E-state index contributed by atoms with van der Waals surface area (Å²) in [6.07, 6.45) is 0.730. The SMILES string of the molecule is Cc1ccc(C2C(C(=O)c3ccc(F)cc3)C(=O)C(=O)N2CCC[NH+]2CCOCC2)cc1. The Kier molecular flexibility index (Phi) is 6.77. The molecule has 7 heteroatoms. The first-order valence-electron chi connectivity index (χ1n) is 11.1. The molecule has 6 nitrogen and oxygen atoms in total. The van der Waals surface area contributed by atoms with Crippen molar-refractivity contribution < 1.29 is 28.4 Å². The third-order valence-corrected chi connectivity index (χ3v) is 6.36. The molecule has 32 heavy (non-hydrogen) atoms. The van der Waals surface area contributed by atoms with Crippen LogP contribution in [0, 0.1) is 18.7 Å². The van der Waals surface area contributed by atoms with Crippen molar-refractivity contribution in [1.29, 1.82) is 0 Å². The Bertz CT molecular complexity index is 984. The van der Waals surface area contributed by atoms with Gasteiger partial charge in [-0.05, 0) is 36.8 Å². The van der Waals surface area contributed by atoms with Gasteiger partial charge in [0.1, 0.15) is 24.8 Å². The third-order valence-electron chi connectivity index (χ3n) is 6.36. The molecular formula is C25H28FN2O4+. The van der Waals surface area contributed by atoms with Gasteiger partial charge in [0, 0.05) is 18.5 Å². The van der Waals surface area contributed by atoms with Gasteiger partial charge in [-0.2, -0.15) is 0 Å². The Morgan fingerprint density at radius 2 is 1.72 bits per heavy atom. The predicted molar refractivity (Wildman–Crippen MR) is 116 cm³/mol. The van der Waals surface area contributed by atoms with Crippen LogP contribution in [0.15, 0.2) is 48.5 Å². The number of amides is 1. The van der Waals surface area contributed by atoms with Crippen LogP contribution in [0.3, 0.4) is 0 Å². The molecule has 0 aliphatic carbocycles. The summed E-state index contributed by atoms with van der Waals surface area (Å²) in [6.45, 7) is 6.56. The Morgan fingerprint density at radius 1 is 1.06 bits per heavy atom. The lowest BCUT2D eigenvalue weighted by Gasteiger charge is -2.29. The fourth-order valence-electron chi connectivity index (χ4n) is 4.57. The number of ketones is 2. The van der Waals surface area contributed by atoms with Gasteiger partial charge in [-0.1, -0.05) is 29.8 Å². The highest BCUT2D eigenvalue weighted by atomic mass is 19.1. The summed E-state index contributed by atoms with van der Waals surface area (Å²) in [7, 11) is 0. The number of halogens is 1. The first kappa shape index (κ1) is 22.3. The highest BCUT2D eigenvalue weighted by molar-refractivity contribution is 6.44. The molecule has 2 heterocycles. The number of rotatable bonds is 7. The van der Waals surface area contributed by atoms with E-state index < -0.39 is 35.3 Å². The van der Waals surface area contributed by atoms with Crippen LogP contribution in [0.1, 0.15) is 33.9 Å². The topological polar surface area (TPSA) is 68.1 Å². The van der Waals surface area contributed by atoms with Gasteiger partial charge < -0.3 is 14.5 Å². The number of morpholine rings is 1. The van der Waals surface area contributed by atoms with Crippen molar-refractivity contribution in [3.8, 4) is 0 Å². The Labute approximate surface area is 187 Å². The number of ether oxygens (including phenoxy) is 1. The van der Waals surface area contributed by atoms with Crippen molar-refractivity contribution in [2.24, 2.45) is 5.92 Å². The zero-order valence-electron chi connectivity index (χ0n) is 18.2. The zero-order valence-corrected chi connectivity index (χ0v) is 18.2. The number of Topliss-reactive ketones (excluding diaryl/α,β-unsaturated/α-hetero) is 2. The largest absolute Gasteiger partial charge is 0.370 e. The molecule has 0 saturated carbocycles. The number of aryl methyl sites for hydroxylation is 1. The van der Waals surface area contributed by atoms with Gasteiger partial charge in [0.25, 0.3) is 5.91 Å². The molecule has 1 N–H and O–H groups in total.